The third kappa shape index (κ3) is 3.78. The maximum atomic E-state index is 12.4. The van der Waals surface area contributed by atoms with Crippen molar-refractivity contribution in [3.8, 4) is 0 Å². The zero-order chi connectivity index (χ0) is 19.9. The smallest absolute Gasteiger partial charge is 0.263 e. The maximum absolute atomic E-state index is 12.4. The number of nitrogens with zero attached hydrogens (tertiary/aromatic N) is 4. The SMILES string of the molecule is CC(C)(C)n1ncc2c(=O)[nH]c(NCC3CCN(c4ccc(Br)cc4)C3)nc21. The molecule has 0 radical (unpaired) electrons. The fourth-order valence-electron chi connectivity index (χ4n) is 3.62. The fourth-order valence-corrected chi connectivity index (χ4v) is 3.88. The van der Waals surface area contributed by atoms with Crippen LogP contribution in [0.1, 0.15) is 27.2 Å². The zero-order valence-electron chi connectivity index (χ0n) is 16.4. The van der Waals surface area contributed by atoms with Crippen molar-refractivity contribution in [3.05, 3.63) is 45.3 Å². The molecule has 1 unspecified atom stereocenters. The number of anilines is 2. The Hall–Kier alpha value is -2.35. The zero-order valence-corrected chi connectivity index (χ0v) is 18.0. The molecule has 0 spiro atoms. The fraction of sp³-hybridized carbons (Fsp3) is 0.450. The molecule has 7 nitrogen and oxygen atoms in total. The predicted octanol–water partition coefficient (Wildman–Crippen LogP) is 3.58. The maximum Gasteiger partial charge on any atom is 0.263 e. The molecule has 8 heteroatoms. The summed E-state index contributed by atoms with van der Waals surface area (Å²) >= 11 is 3.48. The molecule has 148 valence electrons. The third-order valence-electron chi connectivity index (χ3n) is 5.11. The van der Waals surface area contributed by atoms with Gasteiger partial charge < -0.3 is 10.2 Å². The Kier molecular flexibility index (Phi) is 4.91. The number of H-pyrrole nitrogens is 1. The van der Waals surface area contributed by atoms with Crippen LogP contribution in [-0.2, 0) is 5.54 Å². The average molecular weight is 445 g/mol. The van der Waals surface area contributed by atoms with E-state index >= 15 is 0 Å². The third-order valence-corrected chi connectivity index (χ3v) is 5.64. The molecule has 0 aliphatic carbocycles. The van der Waals surface area contributed by atoms with Gasteiger partial charge in [0, 0.05) is 29.8 Å². The van der Waals surface area contributed by atoms with Crippen LogP contribution in [0.2, 0.25) is 0 Å². The number of nitrogens with one attached hydrogen (secondary N) is 2. The van der Waals surface area contributed by atoms with Crippen molar-refractivity contribution < 1.29 is 0 Å². The van der Waals surface area contributed by atoms with Gasteiger partial charge in [-0.25, -0.2) is 4.68 Å². The van der Waals surface area contributed by atoms with Gasteiger partial charge >= 0.3 is 0 Å². The van der Waals surface area contributed by atoms with E-state index in [0.29, 0.717) is 22.9 Å². The Morgan fingerprint density at radius 1 is 1.29 bits per heavy atom. The Morgan fingerprint density at radius 2 is 2.04 bits per heavy atom. The molecule has 1 aliphatic heterocycles. The van der Waals surface area contributed by atoms with E-state index in [4.69, 9.17) is 0 Å². The van der Waals surface area contributed by atoms with Crippen LogP contribution >= 0.6 is 15.9 Å². The number of benzene rings is 1. The summed E-state index contributed by atoms with van der Waals surface area (Å²) in [5, 5.41) is 8.20. The minimum absolute atomic E-state index is 0.161. The van der Waals surface area contributed by atoms with Crippen LogP contribution in [0, 0.1) is 5.92 Å². The summed E-state index contributed by atoms with van der Waals surface area (Å²) in [6.07, 6.45) is 2.69. The lowest BCUT2D eigenvalue weighted by Gasteiger charge is -2.20. The van der Waals surface area contributed by atoms with Crippen molar-refractivity contribution in [2.24, 2.45) is 5.92 Å². The molecule has 4 rings (SSSR count). The molecule has 1 aliphatic rings. The molecule has 0 saturated carbocycles. The van der Waals surface area contributed by atoms with Gasteiger partial charge in [-0.2, -0.15) is 10.1 Å². The van der Waals surface area contributed by atoms with Gasteiger partial charge in [0.1, 0.15) is 5.39 Å². The molecular formula is C20H25BrN6O. The van der Waals surface area contributed by atoms with Gasteiger partial charge in [-0.05, 0) is 57.4 Å². The predicted molar refractivity (Wildman–Crippen MR) is 116 cm³/mol. The van der Waals surface area contributed by atoms with Gasteiger partial charge in [-0.1, -0.05) is 15.9 Å². The van der Waals surface area contributed by atoms with Crippen molar-refractivity contribution in [3.63, 3.8) is 0 Å². The summed E-state index contributed by atoms with van der Waals surface area (Å²) in [6.45, 7) is 8.93. The van der Waals surface area contributed by atoms with Crippen molar-refractivity contribution >= 4 is 38.6 Å². The van der Waals surface area contributed by atoms with Crippen LogP contribution in [0.5, 0.6) is 0 Å². The summed E-state index contributed by atoms with van der Waals surface area (Å²) in [5.74, 6) is 1.00. The molecular weight excluding hydrogens is 420 g/mol. The van der Waals surface area contributed by atoms with Crippen LogP contribution in [0.25, 0.3) is 11.0 Å². The number of halogens is 1. The van der Waals surface area contributed by atoms with E-state index in [1.807, 2.05) is 20.8 Å². The quantitative estimate of drug-likeness (QED) is 0.642. The lowest BCUT2D eigenvalue weighted by Crippen LogP contribution is -2.25. The Labute approximate surface area is 172 Å². The largest absolute Gasteiger partial charge is 0.371 e. The molecule has 1 saturated heterocycles. The van der Waals surface area contributed by atoms with E-state index in [9.17, 15) is 4.79 Å². The van der Waals surface area contributed by atoms with Gasteiger partial charge in [0.2, 0.25) is 5.95 Å². The molecule has 3 aromatic rings. The normalized spacial score (nSPS) is 17.4. The molecule has 0 amide bonds. The number of rotatable bonds is 4. The second kappa shape index (κ2) is 7.24. The number of hydrogen-bond donors (Lipinski definition) is 2. The van der Waals surface area contributed by atoms with E-state index in [-0.39, 0.29) is 11.1 Å². The van der Waals surface area contributed by atoms with Gasteiger partial charge in [0.05, 0.1) is 11.7 Å². The highest BCUT2D eigenvalue weighted by Crippen LogP contribution is 2.25. The van der Waals surface area contributed by atoms with Gasteiger partial charge in [0.25, 0.3) is 5.56 Å². The second-order valence-electron chi connectivity index (χ2n) is 8.34. The van der Waals surface area contributed by atoms with E-state index < -0.39 is 0 Å². The van der Waals surface area contributed by atoms with Gasteiger partial charge in [0.15, 0.2) is 5.65 Å². The number of fused-ring (bicyclic) bond motifs is 1. The van der Waals surface area contributed by atoms with E-state index in [0.717, 1.165) is 30.5 Å². The molecule has 1 atom stereocenters. The molecule has 1 aromatic carbocycles. The molecule has 2 aromatic heterocycles. The molecule has 1 fully saturated rings. The summed E-state index contributed by atoms with van der Waals surface area (Å²) in [6, 6.07) is 8.42. The number of aromatic nitrogens is 4. The lowest BCUT2D eigenvalue weighted by atomic mass is 10.1. The van der Waals surface area contributed by atoms with Gasteiger partial charge in [-0.15, -0.1) is 0 Å². The molecule has 28 heavy (non-hydrogen) atoms. The Balaban J connectivity index is 1.46. The van der Waals surface area contributed by atoms with Crippen molar-refractivity contribution in [1.82, 2.24) is 19.7 Å². The van der Waals surface area contributed by atoms with E-state index in [1.165, 1.54) is 5.69 Å². The minimum atomic E-state index is -0.240. The second-order valence-corrected chi connectivity index (χ2v) is 9.25. The van der Waals surface area contributed by atoms with Gasteiger partial charge in [-0.3, -0.25) is 9.78 Å². The molecule has 3 heterocycles. The minimum Gasteiger partial charge on any atom is -0.371 e. The lowest BCUT2D eigenvalue weighted by molar-refractivity contribution is 0.366. The highest BCUT2D eigenvalue weighted by molar-refractivity contribution is 9.10. The summed E-state index contributed by atoms with van der Waals surface area (Å²) in [5.41, 5.74) is 1.46. The van der Waals surface area contributed by atoms with Crippen molar-refractivity contribution in [2.45, 2.75) is 32.7 Å². The topological polar surface area (TPSA) is 78.8 Å². The first kappa shape index (κ1) is 19.0. The van der Waals surface area contributed by atoms with Crippen molar-refractivity contribution in [1.29, 1.82) is 0 Å². The highest BCUT2D eigenvalue weighted by Gasteiger charge is 2.23. The van der Waals surface area contributed by atoms with Crippen molar-refractivity contribution in [2.75, 3.05) is 29.9 Å². The first-order valence-corrected chi connectivity index (χ1v) is 10.3. The molecule has 2 N–H and O–H groups in total. The van der Waals surface area contributed by atoms with Crippen LogP contribution in [0.4, 0.5) is 11.6 Å². The first-order chi connectivity index (χ1) is 13.3. The summed E-state index contributed by atoms with van der Waals surface area (Å²) < 4.78 is 2.89. The van der Waals surface area contributed by atoms with E-state index in [1.54, 1.807) is 10.9 Å². The standard InChI is InChI=1S/C20H25BrN6O/c1-20(2,3)27-17-16(11-23-27)18(28)25-19(24-17)22-10-13-8-9-26(12-13)15-6-4-14(21)5-7-15/h4-7,11,13H,8-10,12H2,1-3H3,(H2,22,24,25,28). The summed E-state index contributed by atoms with van der Waals surface area (Å²) in [7, 11) is 0. The Bertz CT molecular complexity index is 1030. The molecule has 0 bridgehead atoms. The Morgan fingerprint density at radius 3 is 2.75 bits per heavy atom. The summed E-state index contributed by atoms with van der Waals surface area (Å²) in [4.78, 5) is 22.3. The van der Waals surface area contributed by atoms with Crippen LogP contribution in [0.3, 0.4) is 0 Å². The first-order valence-electron chi connectivity index (χ1n) is 9.54. The number of hydrogen-bond acceptors (Lipinski definition) is 5. The van der Waals surface area contributed by atoms with Crippen LogP contribution in [0.15, 0.2) is 39.7 Å². The number of aromatic amines is 1. The van der Waals surface area contributed by atoms with E-state index in [2.05, 4.69) is 65.5 Å². The highest BCUT2D eigenvalue weighted by atomic mass is 79.9. The average Bonchev–Trinajstić information content (AvgIpc) is 3.27. The van der Waals surface area contributed by atoms with Crippen LogP contribution in [-0.4, -0.2) is 39.4 Å². The van der Waals surface area contributed by atoms with Crippen LogP contribution < -0.4 is 15.8 Å². The monoisotopic (exact) mass is 444 g/mol.